The number of aryl methyl sites for hydroxylation is 2. The van der Waals surface area contributed by atoms with Crippen LogP contribution in [0.15, 0.2) is 68.6 Å². The molecule has 0 amide bonds. The van der Waals surface area contributed by atoms with Gasteiger partial charge in [0.25, 0.3) is 0 Å². The summed E-state index contributed by atoms with van der Waals surface area (Å²) in [5.41, 5.74) is 1.84. The Kier molecular flexibility index (Phi) is 10.0. The Labute approximate surface area is 214 Å². The topological polar surface area (TPSA) is 121 Å². The van der Waals surface area contributed by atoms with Crippen LogP contribution in [0.1, 0.15) is 24.0 Å². The normalized spacial score (nSPS) is 18.7. The van der Waals surface area contributed by atoms with Gasteiger partial charge >= 0.3 is 20.2 Å². The Morgan fingerprint density at radius 1 is 0.686 bits per heavy atom. The summed E-state index contributed by atoms with van der Waals surface area (Å²) < 4.78 is 65.3. The molecule has 0 N–H and O–H groups in total. The summed E-state index contributed by atoms with van der Waals surface area (Å²) in [5.74, 6) is 1.12. The second-order valence-electron chi connectivity index (χ2n) is 7.46. The third-order valence-electron chi connectivity index (χ3n) is 4.64. The zero-order valence-electron chi connectivity index (χ0n) is 19.2. The van der Waals surface area contributed by atoms with Crippen molar-refractivity contribution in [2.24, 2.45) is 10.3 Å². The molecule has 2 aromatic carbocycles. The Morgan fingerprint density at radius 3 is 1.43 bits per heavy atom. The molecule has 9 nitrogen and oxygen atoms in total. The first-order valence-corrected chi connectivity index (χ1v) is 15.4. The highest BCUT2D eigenvalue weighted by Gasteiger charge is 2.19. The highest BCUT2D eigenvalue weighted by molar-refractivity contribution is 8.14. The second-order valence-corrected chi connectivity index (χ2v) is 12.9. The maximum atomic E-state index is 12.5. The van der Waals surface area contributed by atoms with Gasteiger partial charge in [0, 0.05) is 24.3 Å². The molecule has 0 saturated carbocycles. The minimum absolute atomic E-state index is 0.00460. The van der Waals surface area contributed by atoms with Crippen LogP contribution < -0.4 is 0 Å². The molecule has 0 unspecified atom stereocenters. The fourth-order valence-electron chi connectivity index (χ4n) is 2.72. The summed E-state index contributed by atoms with van der Waals surface area (Å²) in [6.07, 6.45) is 0.571. The Hall–Kier alpha value is -2.06. The first-order valence-electron chi connectivity index (χ1n) is 10.6. The molecule has 0 aromatic heterocycles. The molecule has 0 radical (unpaired) electrons. The highest BCUT2D eigenvalue weighted by Crippen LogP contribution is 2.21. The van der Waals surface area contributed by atoms with Crippen molar-refractivity contribution < 1.29 is 30.1 Å². The van der Waals surface area contributed by atoms with Crippen LogP contribution in [-0.4, -0.2) is 51.6 Å². The van der Waals surface area contributed by atoms with Crippen molar-refractivity contribution in [3.05, 3.63) is 59.7 Å². The first kappa shape index (κ1) is 27.5. The minimum Gasteiger partial charge on any atom is -0.380 e. The number of oxime groups is 2. The van der Waals surface area contributed by atoms with Gasteiger partial charge < -0.3 is 4.74 Å². The van der Waals surface area contributed by atoms with Crippen LogP contribution in [0.2, 0.25) is 0 Å². The van der Waals surface area contributed by atoms with Gasteiger partial charge in [-0.3, -0.25) is 8.57 Å². The van der Waals surface area contributed by atoms with Crippen LogP contribution in [0.4, 0.5) is 0 Å². The van der Waals surface area contributed by atoms with E-state index in [1.807, 2.05) is 13.8 Å². The van der Waals surface area contributed by atoms with Crippen molar-refractivity contribution in [2.45, 2.75) is 36.5 Å². The van der Waals surface area contributed by atoms with Gasteiger partial charge in [0.15, 0.2) is 0 Å². The Morgan fingerprint density at radius 2 is 1.06 bits per heavy atom. The maximum absolute atomic E-state index is 12.5. The fourth-order valence-corrected chi connectivity index (χ4v) is 5.85. The maximum Gasteiger partial charge on any atom is 0.358 e. The summed E-state index contributed by atoms with van der Waals surface area (Å²) in [6.45, 7) is 4.59. The first-order chi connectivity index (χ1) is 16.7. The third-order valence-corrected chi connectivity index (χ3v) is 8.85. The van der Waals surface area contributed by atoms with Crippen molar-refractivity contribution in [1.82, 2.24) is 0 Å². The quantitative estimate of drug-likeness (QED) is 0.477. The average Bonchev–Trinajstić information content (AvgIpc) is 2.87. The van der Waals surface area contributed by atoms with E-state index >= 15 is 0 Å². The van der Waals surface area contributed by atoms with Gasteiger partial charge in [0.1, 0.15) is 19.9 Å². The molecule has 1 saturated heterocycles. The summed E-state index contributed by atoms with van der Waals surface area (Å²) in [4.78, 5) is 0.00920. The van der Waals surface area contributed by atoms with Crippen LogP contribution in [-0.2, 0) is 33.5 Å². The molecule has 1 heterocycles. The van der Waals surface area contributed by atoms with E-state index in [1.54, 1.807) is 24.3 Å². The molecule has 0 atom stereocenters. The molecule has 0 spiro atoms. The standard InChI is InChI=1S/C22H26N2O7S4/c1-17-3-7-19(8-4-17)34(25,26)30-23-21-11-12-22(33-16-14-29-13-15-32-21)24-31-35(27,28)20-9-5-18(2)6-10-20/h3-10H,11-16H2,1-2H3. The van der Waals surface area contributed by atoms with E-state index in [0.717, 1.165) is 11.1 Å². The SMILES string of the molecule is Cc1ccc(S(=O)(=O)ON=C2CCC(=NOS(=O)(=O)c3ccc(C)cc3)SCCOCCS2)cc1. The summed E-state index contributed by atoms with van der Waals surface area (Å²) in [7, 11) is -8.14. The molecule has 3 rings (SSSR count). The largest absolute Gasteiger partial charge is 0.380 e. The number of ether oxygens (including phenoxy) is 1. The summed E-state index contributed by atoms with van der Waals surface area (Å²) in [6, 6.07) is 12.5. The van der Waals surface area contributed by atoms with Crippen molar-refractivity contribution in [2.75, 3.05) is 24.7 Å². The van der Waals surface area contributed by atoms with E-state index in [2.05, 4.69) is 10.3 Å². The molecule has 35 heavy (non-hydrogen) atoms. The number of nitrogens with zero attached hydrogens (tertiary/aromatic N) is 2. The molecule has 0 bridgehead atoms. The van der Waals surface area contributed by atoms with Gasteiger partial charge in [-0.2, -0.15) is 16.8 Å². The van der Waals surface area contributed by atoms with E-state index < -0.39 is 20.2 Å². The molecule has 2 aromatic rings. The van der Waals surface area contributed by atoms with E-state index in [9.17, 15) is 16.8 Å². The molecule has 1 fully saturated rings. The van der Waals surface area contributed by atoms with E-state index in [4.69, 9.17) is 13.3 Å². The van der Waals surface area contributed by atoms with Crippen LogP contribution in [0, 0.1) is 13.8 Å². The van der Waals surface area contributed by atoms with Gasteiger partial charge in [-0.15, -0.1) is 23.5 Å². The summed E-state index contributed by atoms with van der Waals surface area (Å²) in [5, 5.41) is 8.58. The predicted octanol–water partition coefficient (Wildman–Crippen LogP) is 4.32. The van der Waals surface area contributed by atoms with Gasteiger partial charge in [-0.05, 0) is 38.1 Å². The van der Waals surface area contributed by atoms with Crippen molar-refractivity contribution >= 4 is 53.8 Å². The lowest BCUT2D eigenvalue weighted by Crippen LogP contribution is -2.08. The van der Waals surface area contributed by atoms with Crippen molar-refractivity contribution in [3.8, 4) is 0 Å². The van der Waals surface area contributed by atoms with Crippen molar-refractivity contribution in [1.29, 1.82) is 0 Å². The second kappa shape index (κ2) is 12.8. The monoisotopic (exact) mass is 558 g/mol. The number of thioether (sulfide) groups is 2. The number of hydrogen-bond donors (Lipinski definition) is 0. The zero-order chi connectivity index (χ0) is 25.3. The Balaban J connectivity index is 1.72. The number of hydrogen-bond acceptors (Lipinski definition) is 11. The fraction of sp³-hybridized carbons (Fsp3) is 0.364. The molecular weight excluding hydrogens is 533 g/mol. The van der Waals surface area contributed by atoms with Crippen LogP contribution in [0.5, 0.6) is 0 Å². The zero-order valence-corrected chi connectivity index (χ0v) is 22.5. The van der Waals surface area contributed by atoms with Crippen LogP contribution in [0.3, 0.4) is 0 Å². The van der Waals surface area contributed by atoms with E-state index in [0.29, 0.717) is 34.8 Å². The molecular formula is C22H26N2O7S4. The van der Waals surface area contributed by atoms with E-state index in [1.165, 1.54) is 47.8 Å². The summed E-state index contributed by atoms with van der Waals surface area (Å²) >= 11 is 2.61. The van der Waals surface area contributed by atoms with Crippen LogP contribution >= 0.6 is 23.5 Å². The lowest BCUT2D eigenvalue weighted by molar-refractivity contribution is 0.167. The average molecular weight is 559 g/mol. The number of rotatable bonds is 6. The Bertz CT molecular complexity index is 1160. The molecule has 13 heteroatoms. The van der Waals surface area contributed by atoms with Gasteiger partial charge in [-0.1, -0.05) is 45.7 Å². The predicted molar refractivity (Wildman–Crippen MR) is 139 cm³/mol. The van der Waals surface area contributed by atoms with Gasteiger partial charge in [0.2, 0.25) is 0 Å². The van der Waals surface area contributed by atoms with Crippen molar-refractivity contribution in [3.63, 3.8) is 0 Å². The third kappa shape index (κ3) is 8.83. The van der Waals surface area contributed by atoms with Gasteiger partial charge in [-0.25, -0.2) is 0 Å². The molecule has 1 aliphatic heterocycles. The molecule has 1 aliphatic rings. The molecule has 190 valence electrons. The van der Waals surface area contributed by atoms with Crippen LogP contribution in [0.25, 0.3) is 0 Å². The lowest BCUT2D eigenvalue weighted by Gasteiger charge is -2.08. The van der Waals surface area contributed by atoms with E-state index in [-0.39, 0.29) is 22.6 Å². The molecule has 0 aliphatic carbocycles. The smallest absolute Gasteiger partial charge is 0.358 e. The highest BCUT2D eigenvalue weighted by atomic mass is 32.2. The number of benzene rings is 2. The van der Waals surface area contributed by atoms with Gasteiger partial charge in [0.05, 0.1) is 13.2 Å². The minimum atomic E-state index is -4.07. The lowest BCUT2D eigenvalue weighted by atomic mass is 10.2.